The van der Waals surface area contributed by atoms with E-state index in [4.69, 9.17) is 9.47 Å². The molecule has 0 aliphatic rings. The molecule has 1 aromatic carbocycles. The summed E-state index contributed by atoms with van der Waals surface area (Å²) >= 11 is 0. The van der Waals surface area contributed by atoms with Crippen molar-refractivity contribution in [1.29, 1.82) is 0 Å². The molecular formula is C13H17O2. The molecule has 1 rings (SSSR count). The van der Waals surface area contributed by atoms with Crippen LogP contribution >= 0.6 is 0 Å². The van der Waals surface area contributed by atoms with Crippen LogP contribution in [0.25, 0.3) is 0 Å². The molecule has 0 bridgehead atoms. The molecule has 81 valence electrons. The van der Waals surface area contributed by atoms with E-state index < -0.39 is 0 Å². The van der Waals surface area contributed by atoms with Gasteiger partial charge in [0, 0.05) is 12.0 Å². The summed E-state index contributed by atoms with van der Waals surface area (Å²) in [7, 11) is 1.64. The maximum absolute atomic E-state index is 5.44. The highest BCUT2D eigenvalue weighted by molar-refractivity contribution is 5.41. The Morgan fingerprint density at radius 3 is 2.53 bits per heavy atom. The summed E-state index contributed by atoms with van der Waals surface area (Å²) in [5.41, 5.74) is 1.05. The lowest BCUT2D eigenvalue weighted by Crippen LogP contribution is -1.96. The Balaban J connectivity index is 3.04. The van der Waals surface area contributed by atoms with Crippen LogP contribution in [0.4, 0.5) is 0 Å². The lowest BCUT2D eigenvalue weighted by Gasteiger charge is -2.12. The van der Waals surface area contributed by atoms with Gasteiger partial charge in [0.2, 0.25) is 0 Å². The number of hydrogen-bond donors (Lipinski definition) is 0. The van der Waals surface area contributed by atoms with Gasteiger partial charge in [0.1, 0.15) is 11.5 Å². The van der Waals surface area contributed by atoms with E-state index in [1.807, 2.05) is 25.1 Å². The highest BCUT2D eigenvalue weighted by Crippen LogP contribution is 2.27. The zero-order valence-corrected chi connectivity index (χ0v) is 9.32. The molecule has 0 amide bonds. The fraction of sp³-hybridized carbons (Fsp3) is 0.308. The van der Waals surface area contributed by atoms with Crippen LogP contribution in [0.2, 0.25) is 0 Å². The van der Waals surface area contributed by atoms with Crippen LogP contribution in [0.5, 0.6) is 11.5 Å². The van der Waals surface area contributed by atoms with Gasteiger partial charge >= 0.3 is 0 Å². The molecule has 0 aliphatic heterocycles. The first kappa shape index (κ1) is 11.6. The molecule has 2 nitrogen and oxygen atoms in total. The van der Waals surface area contributed by atoms with Crippen molar-refractivity contribution in [3.63, 3.8) is 0 Å². The van der Waals surface area contributed by atoms with Crippen LogP contribution in [0.15, 0.2) is 30.9 Å². The molecule has 0 N–H and O–H groups in total. The molecule has 1 radical (unpaired) electrons. The molecular weight excluding hydrogens is 188 g/mol. The highest BCUT2D eigenvalue weighted by atomic mass is 16.5. The molecule has 0 fully saturated rings. The smallest absolute Gasteiger partial charge is 0.123 e. The maximum Gasteiger partial charge on any atom is 0.123 e. The SMILES string of the molecule is [CH2]C(C=C)c1cc(OC)cc(OCC)c1. The third-order valence-corrected chi connectivity index (χ3v) is 2.16. The Morgan fingerprint density at radius 2 is 2.00 bits per heavy atom. The van der Waals surface area contributed by atoms with E-state index in [9.17, 15) is 0 Å². The second-order valence-corrected chi connectivity index (χ2v) is 3.22. The minimum Gasteiger partial charge on any atom is -0.497 e. The predicted molar refractivity (Wildman–Crippen MR) is 62.5 cm³/mol. The van der Waals surface area contributed by atoms with Crippen LogP contribution < -0.4 is 9.47 Å². The maximum atomic E-state index is 5.44. The summed E-state index contributed by atoms with van der Waals surface area (Å²) in [5.74, 6) is 1.65. The molecule has 0 spiro atoms. The fourth-order valence-electron chi connectivity index (χ4n) is 1.31. The monoisotopic (exact) mass is 205 g/mol. The number of methoxy groups -OCH3 is 1. The second-order valence-electron chi connectivity index (χ2n) is 3.22. The first-order valence-corrected chi connectivity index (χ1v) is 4.98. The third kappa shape index (κ3) is 3.01. The Morgan fingerprint density at radius 1 is 1.33 bits per heavy atom. The Hall–Kier alpha value is -1.44. The van der Waals surface area contributed by atoms with E-state index in [0.29, 0.717) is 6.61 Å². The molecule has 0 aliphatic carbocycles. The zero-order valence-electron chi connectivity index (χ0n) is 9.32. The Labute approximate surface area is 91.5 Å². The van der Waals surface area contributed by atoms with E-state index in [1.54, 1.807) is 13.2 Å². The average Bonchev–Trinajstić information content (AvgIpc) is 2.28. The summed E-state index contributed by atoms with van der Waals surface area (Å²) in [4.78, 5) is 0. The van der Waals surface area contributed by atoms with E-state index >= 15 is 0 Å². The van der Waals surface area contributed by atoms with Gasteiger partial charge in [-0.1, -0.05) is 6.08 Å². The third-order valence-electron chi connectivity index (χ3n) is 2.16. The number of ether oxygens (including phenoxy) is 2. The van der Waals surface area contributed by atoms with Gasteiger partial charge < -0.3 is 9.47 Å². The molecule has 1 atom stereocenters. The van der Waals surface area contributed by atoms with Crippen molar-refractivity contribution < 1.29 is 9.47 Å². The first-order chi connectivity index (χ1) is 7.21. The molecule has 1 aromatic rings. The standard InChI is InChI=1S/C13H17O2/c1-5-10(3)11-7-12(14-4)9-13(8-11)15-6-2/h5,7-10H,1,3,6H2,2,4H3. The van der Waals surface area contributed by atoms with Gasteiger partial charge in [-0.15, -0.1) is 6.58 Å². The van der Waals surface area contributed by atoms with Crippen LogP contribution in [-0.2, 0) is 0 Å². The van der Waals surface area contributed by atoms with Gasteiger partial charge in [0.05, 0.1) is 13.7 Å². The summed E-state index contributed by atoms with van der Waals surface area (Å²) < 4.78 is 10.6. The van der Waals surface area contributed by atoms with Crippen LogP contribution in [0, 0.1) is 6.92 Å². The molecule has 15 heavy (non-hydrogen) atoms. The van der Waals surface area contributed by atoms with Gasteiger partial charge in [-0.25, -0.2) is 0 Å². The van der Waals surface area contributed by atoms with Gasteiger partial charge in [0.15, 0.2) is 0 Å². The predicted octanol–water partition coefficient (Wildman–Crippen LogP) is 3.20. The minimum absolute atomic E-state index is 0.0549. The van der Waals surface area contributed by atoms with Crippen molar-refractivity contribution >= 4 is 0 Å². The van der Waals surface area contributed by atoms with Crippen LogP contribution in [0.3, 0.4) is 0 Å². The van der Waals surface area contributed by atoms with Crippen molar-refractivity contribution in [1.82, 2.24) is 0 Å². The van der Waals surface area contributed by atoms with Gasteiger partial charge in [-0.3, -0.25) is 0 Å². The Bertz CT molecular complexity index is 331. The van der Waals surface area contributed by atoms with E-state index in [-0.39, 0.29) is 5.92 Å². The highest BCUT2D eigenvalue weighted by Gasteiger charge is 2.06. The lowest BCUT2D eigenvalue weighted by molar-refractivity contribution is 0.335. The Kier molecular flexibility index (Phi) is 4.22. The second kappa shape index (κ2) is 5.44. The quantitative estimate of drug-likeness (QED) is 0.687. The first-order valence-electron chi connectivity index (χ1n) is 4.98. The molecule has 0 heterocycles. The number of benzene rings is 1. The van der Waals surface area contributed by atoms with Crippen LogP contribution in [0.1, 0.15) is 18.4 Å². The van der Waals surface area contributed by atoms with E-state index in [2.05, 4.69) is 13.5 Å². The van der Waals surface area contributed by atoms with Crippen molar-refractivity contribution in [3.8, 4) is 11.5 Å². The minimum atomic E-state index is 0.0549. The van der Waals surface area contributed by atoms with Gasteiger partial charge in [0.25, 0.3) is 0 Å². The normalized spacial score (nSPS) is 11.9. The number of hydrogen-bond acceptors (Lipinski definition) is 2. The molecule has 1 unspecified atom stereocenters. The fourth-order valence-corrected chi connectivity index (χ4v) is 1.31. The lowest BCUT2D eigenvalue weighted by atomic mass is 10.0. The summed E-state index contributed by atoms with van der Waals surface area (Å²) in [5, 5.41) is 0. The molecule has 0 saturated carbocycles. The van der Waals surface area contributed by atoms with Crippen molar-refractivity contribution in [3.05, 3.63) is 43.3 Å². The topological polar surface area (TPSA) is 18.5 Å². The number of allylic oxidation sites excluding steroid dienone is 1. The van der Waals surface area contributed by atoms with E-state index in [1.165, 1.54) is 0 Å². The molecule has 0 aromatic heterocycles. The van der Waals surface area contributed by atoms with Crippen LogP contribution in [-0.4, -0.2) is 13.7 Å². The largest absolute Gasteiger partial charge is 0.497 e. The zero-order chi connectivity index (χ0) is 11.3. The number of rotatable bonds is 5. The summed E-state index contributed by atoms with van der Waals surface area (Å²) in [6.07, 6.45) is 1.80. The summed E-state index contributed by atoms with van der Waals surface area (Å²) in [6, 6.07) is 5.77. The van der Waals surface area contributed by atoms with Gasteiger partial charge in [-0.2, -0.15) is 0 Å². The van der Waals surface area contributed by atoms with E-state index in [0.717, 1.165) is 17.1 Å². The average molecular weight is 205 g/mol. The van der Waals surface area contributed by atoms with Crippen molar-refractivity contribution in [2.24, 2.45) is 0 Å². The van der Waals surface area contributed by atoms with Gasteiger partial charge in [-0.05, 0) is 31.5 Å². The van der Waals surface area contributed by atoms with Crippen molar-refractivity contribution in [2.45, 2.75) is 12.8 Å². The molecule has 0 saturated heterocycles. The van der Waals surface area contributed by atoms with Crippen molar-refractivity contribution in [2.75, 3.05) is 13.7 Å². The molecule has 2 heteroatoms. The summed E-state index contributed by atoms with van der Waals surface area (Å²) in [6.45, 7) is 10.3.